The van der Waals surface area contributed by atoms with Gasteiger partial charge in [-0.3, -0.25) is 9.00 Å². The van der Waals surface area contributed by atoms with Gasteiger partial charge >= 0.3 is 0 Å². The number of amides is 1. The van der Waals surface area contributed by atoms with Gasteiger partial charge in [0.15, 0.2) is 0 Å². The van der Waals surface area contributed by atoms with Crippen LogP contribution in [-0.4, -0.2) is 28.2 Å². The fraction of sp³-hybridized carbons (Fsp3) is 0.875. The normalized spacial score (nSPS) is 15.8. The second-order valence-corrected chi connectivity index (χ2v) is 4.78. The van der Waals surface area contributed by atoms with Crippen LogP contribution in [0.1, 0.15) is 20.8 Å². The molecule has 0 aromatic rings. The molecule has 0 saturated heterocycles. The van der Waals surface area contributed by atoms with Crippen LogP contribution >= 0.6 is 0 Å². The summed E-state index contributed by atoms with van der Waals surface area (Å²) >= 11 is 0. The predicted molar refractivity (Wildman–Crippen MR) is 51.4 cm³/mol. The van der Waals surface area contributed by atoms with E-state index in [-0.39, 0.29) is 17.9 Å². The molecule has 2 unspecified atom stereocenters. The molecule has 0 spiro atoms. The lowest BCUT2D eigenvalue weighted by molar-refractivity contribution is -0.124. The minimum Gasteiger partial charge on any atom is -0.354 e. The van der Waals surface area contributed by atoms with E-state index in [1.807, 2.05) is 13.8 Å². The zero-order valence-electron chi connectivity index (χ0n) is 8.09. The van der Waals surface area contributed by atoms with Crippen LogP contribution < -0.4 is 5.32 Å². The van der Waals surface area contributed by atoms with Crippen molar-refractivity contribution in [3.05, 3.63) is 0 Å². The van der Waals surface area contributed by atoms with Gasteiger partial charge in [0.1, 0.15) is 0 Å². The highest BCUT2D eigenvalue weighted by Gasteiger charge is 2.14. The van der Waals surface area contributed by atoms with Crippen LogP contribution in [0.5, 0.6) is 0 Å². The number of hydrogen-bond acceptors (Lipinski definition) is 2. The van der Waals surface area contributed by atoms with E-state index < -0.39 is 10.8 Å². The Balaban J connectivity index is 3.85. The van der Waals surface area contributed by atoms with Crippen molar-refractivity contribution in [2.24, 2.45) is 5.92 Å². The van der Waals surface area contributed by atoms with E-state index in [0.717, 1.165) is 0 Å². The van der Waals surface area contributed by atoms with Gasteiger partial charge in [0.25, 0.3) is 0 Å². The van der Waals surface area contributed by atoms with E-state index in [1.165, 1.54) is 0 Å². The van der Waals surface area contributed by atoms with Crippen molar-refractivity contribution in [2.45, 2.75) is 26.8 Å². The summed E-state index contributed by atoms with van der Waals surface area (Å²) in [7, 11) is -0.892. The van der Waals surface area contributed by atoms with Gasteiger partial charge in [-0.1, -0.05) is 6.92 Å². The second kappa shape index (κ2) is 5.30. The third-order valence-corrected chi connectivity index (χ3v) is 2.33. The first-order chi connectivity index (χ1) is 5.43. The molecule has 12 heavy (non-hydrogen) atoms. The fourth-order valence-electron chi connectivity index (χ4n) is 0.855. The monoisotopic (exact) mass is 191 g/mol. The highest BCUT2D eigenvalue weighted by atomic mass is 32.2. The van der Waals surface area contributed by atoms with E-state index >= 15 is 0 Å². The Labute approximate surface area is 76.4 Å². The van der Waals surface area contributed by atoms with Crippen LogP contribution in [0.2, 0.25) is 0 Å². The van der Waals surface area contributed by atoms with E-state index in [9.17, 15) is 9.00 Å². The topological polar surface area (TPSA) is 46.2 Å². The van der Waals surface area contributed by atoms with Crippen LogP contribution in [0, 0.1) is 5.92 Å². The summed E-state index contributed by atoms with van der Waals surface area (Å²) in [4.78, 5) is 11.2. The summed E-state index contributed by atoms with van der Waals surface area (Å²) in [5, 5.41) is 2.77. The van der Waals surface area contributed by atoms with Crippen molar-refractivity contribution in [1.29, 1.82) is 0 Å². The average Bonchev–Trinajstić information content (AvgIpc) is 1.84. The molecule has 0 radical (unpaired) electrons. The summed E-state index contributed by atoms with van der Waals surface area (Å²) in [5.74, 6) is 0.275. The van der Waals surface area contributed by atoms with Crippen LogP contribution in [0.3, 0.4) is 0 Å². The van der Waals surface area contributed by atoms with E-state index in [2.05, 4.69) is 5.32 Å². The molecule has 0 bridgehead atoms. The molecule has 1 N–H and O–H groups in total. The zero-order valence-corrected chi connectivity index (χ0v) is 8.90. The number of carbonyl (C=O) groups excluding carboxylic acids is 1. The molecule has 0 aliphatic rings. The molecule has 4 heteroatoms. The zero-order chi connectivity index (χ0) is 9.72. The van der Waals surface area contributed by atoms with Crippen molar-refractivity contribution in [2.75, 3.05) is 12.0 Å². The van der Waals surface area contributed by atoms with Crippen LogP contribution in [0.25, 0.3) is 0 Å². The van der Waals surface area contributed by atoms with Gasteiger partial charge in [0.05, 0.1) is 0 Å². The van der Waals surface area contributed by atoms with E-state index in [0.29, 0.717) is 5.75 Å². The Morgan fingerprint density at radius 2 is 1.92 bits per heavy atom. The van der Waals surface area contributed by atoms with Crippen LogP contribution in [-0.2, 0) is 15.6 Å². The molecular weight excluding hydrogens is 174 g/mol. The van der Waals surface area contributed by atoms with Crippen LogP contribution in [0.4, 0.5) is 0 Å². The third-order valence-electron chi connectivity index (χ3n) is 1.36. The first-order valence-electron chi connectivity index (χ1n) is 4.04. The van der Waals surface area contributed by atoms with Gasteiger partial charge in [-0.25, -0.2) is 0 Å². The number of carbonyl (C=O) groups is 1. The maximum atomic E-state index is 11.2. The maximum absolute atomic E-state index is 11.2. The molecule has 3 nitrogen and oxygen atoms in total. The van der Waals surface area contributed by atoms with Gasteiger partial charge in [0, 0.05) is 34.8 Å². The quantitative estimate of drug-likeness (QED) is 0.704. The highest BCUT2D eigenvalue weighted by molar-refractivity contribution is 7.84. The smallest absolute Gasteiger partial charge is 0.223 e. The standard InChI is InChI=1S/C8H17NO2S/c1-6(2)9-8(10)7(3)5-12(4)11/h6-7H,5H2,1-4H3,(H,9,10). The Morgan fingerprint density at radius 3 is 2.25 bits per heavy atom. The summed E-state index contributed by atoms with van der Waals surface area (Å²) in [6, 6.07) is 0.158. The molecule has 0 fully saturated rings. The van der Waals surface area contributed by atoms with E-state index in [4.69, 9.17) is 0 Å². The van der Waals surface area contributed by atoms with Crippen molar-refractivity contribution < 1.29 is 9.00 Å². The molecule has 2 atom stereocenters. The van der Waals surface area contributed by atoms with Gasteiger partial charge in [-0.15, -0.1) is 0 Å². The molecule has 1 amide bonds. The van der Waals surface area contributed by atoms with Crippen molar-refractivity contribution >= 4 is 16.7 Å². The number of rotatable bonds is 4. The molecule has 0 aromatic carbocycles. The third kappa shape index (κ3) is 5.29. The van der Waals surface area contributed by atoms with Crippen molar-refractivity contribution in [3.63, 3.8) is 0 Å². The molecule has 72 valence electrons. The summed E-state index contributed by atoms with van der Waals surface area (Å²) in [6.45, 7) is 5.61. The average molecular weight is 191 g/mol. The van der Waals surface area contributed by atoms with E-state index in [1.54, 1.807) is 13.2 Å². The van der Waals surface area contributed by atoms with Gasteiger partial charge in [-0.2, -0.15) is 0 Å². The lowest BCUT2D eigenvalue weighted by atomic mass is 10.2. The molecule has 0 rings (SSSR count). The Bertz CT molecular complexity index is 180. The molecule has 0 aliphatic heterocycles. The molecule has 0 heterocycles. The van der Waals surface area contributed by atoms with Gasteiger partial charge in [-0.05, 0) is 13.8 Å². The molecule has 0 aromatic heterocycles. The summed E-state index contributed by atoms with van der Waals surface area (Å²) in [6.07, 6.45) is 1.61. The Kier molecular flexibility index (Phi) is 5.13. The SMILES string of the molecule is CC(C)NC(=O)C(C)CS(C)=O. The molecule has 0 aliphatic carbocycles. The van der Waals surface area contributed by atoms with Crippen LogP contribution in [0.15, 0.2) is 0 Å². The first kappa shape index (κ1) is 11.6. The van der Waals surface area contributed by atoms with Gasteiger partial charge in [0.2, 0.25) is 5.91 Å². The number of nitrogens with one attached hydrogen (secondary N) is 1. The lowest BCUT2D eigenvalue weighted by Crippen LogP contribution is -2.36. The van der Waals surface area contributed by atoms with Crippen molar-refractivity contribution in [1.82, 2.24) is 5.32 Å². The van der Waals surface area contributed by atoms with Crippen molar-refractivity contribution in [3.8, 4) is 0 Å². The minimum atomic E-state index is -0.892. The minimum absolute atomic E-state index is 0.0137. The van der Waals surface area contributed by atoms with Gasteiger partial charge < -0.3 is 5.32 Å². The number of hydrogen-bond donors (Lipinski definition) is 1. The molecular formula is C8H17NO2S. The lowest BCUT2D eigenvalue weighted by Gasteiger charge is -2.12. The predicted octanol–water partition coefficient (Wildman–Crippen LogP) is 0.526. The highest BCUT2D eigenvalue weighted by Crippen LogP contribution is 1.97. The summed E-state index contributed by atoms with van der Waals surface area (Å²) < 4.78 is 10.8. The summed E-state index contributed by atoms with van der Waals surface area (Å²) in [5.41, 5.74) is 0. The fourth-order valence-corrected chi connectivity index (χ4v) is 1.71. The Morgan fingerprint density at radius 1 is 1.42 bits per heavy atom. The first-order valence-corrected chi connectivity index (χ1v) is 5.76. The molecule has 0 saturated carbocycles. The second-order valence-electron chi connectivity index (χ2n) is 3.30. The Hall–Kier alpha value is -0.380. The largest absolute Gasteiger partial charge is 0.354 e. The maximum Gasteiger partial charge on any atom is 0.223 e.